The molecule has 1 N–H and O–H groups in total. The van der Waals surface area contributed by atoms with Crippen molar-refractivity contribution in [1.82, 2.24) is 5.32 Å². The van der Waals surface area contributed by atoms with Crippen LogP contribution in [0.2, 0.25) is 0 Å². The number of hydrogen-bond donors (Lipinski definition) is 1. The maximum Gasteiger partial charge on any atom is 0.0213 e. The molecular weight excluding hydrogens is 238 g/mol. The van der Waals surface area contributed by atoms with Gasteiger partial charge in [0.2, 0.25) is 0 Å². The van der Waals surface area contributed by atoms with E-state index in [0.717, 1.165) is 6.54 Å². The molecule has 0 spiro atoms. The SMILES string of the molecule is Cc1ccc([C@H]2CCCNC2)c(Br)c1. The van der Waals surface area contributed by atoms with Crippen LogP contribution < -0.4 is 5.32 Å². The Kier molecular flexibility index (Phi) is 3.24. The molecule has 1 aromatic carbocycles. The quantitative estimate of drug-likeness (QED) is 0.811. The zero-order valence-electron chi connectivity index (χ0n) is 8.52. The topological polar surface area (TPSA) is 12.0 Å². The molecule has 0 aliphatic carbocycles. The Morgan fingerprint density at radius 3 is 2.93 bits per heavy atom. The van der Waals surface area contributed by atoms with Crippen LogP contribution >= 0.6 is 15.9 Å². The predicted molar refractivity (Wildman–Crippen MR) is 63.7 cm³/mol. The van der Waals surface area contributed by atoms with E-state index in [1.807, 2.05) is 0 Å². The summed E-state index contributed by atoms with van der Waals surface area (Å²) in [5, 5.41) is 3.45. The van der Waals surface area contributed by atoms with Crippen molar-refractivity contribution < 1.29 is 0 Å². The van der Waals surface area contributed by atoms with Gasteiger partial charge in [-0.3, -0.25) is 0 Å². The van der Waals surface area contributed by atoms with Gasteiger partial charge in [-0.2, -0.15) is 0 Å². The van der Waals surface area contributed by atoms with E-state index in [1.54, 1.807) is 0 Å². The van der Waals surface area contributed by atoms with E-state index < -0.39 is 0 Å². The maximum absolute atomic E-state index is 3.65. The highest BCUT2D eigenvalue weighted by Gasteiger charge is 2.16. The van der Waals surface area contributed by atoms with Gasteiger partial charge >= 0.3 is 0 Å². The van der Waals surface area contributed by atoms with E-state index in [1.165, 1.54) is 35.0 Å². The lowest BCUT2D eigenvalue weighted by Gasteiger charge is -2.24. The number of hydrogen-bond acceptors (Lipinski definition) is 1. The Balaban J connectivity index is 2.22. The van der Waals surface area contributed by atoms with Crippen LogP contribution in [0.1, 0.15) is 29.9 Å². The molecule has 1 fully saturated rings. The molecular formula is C12H16BrN. The summed E-state index contributed by atoms with van der Waals surface area (Å²) in [5.41, 5.74) is 2.78. The first-order chi connectivity index (χ1) is 6.77. The van der Waals surface area contributed by atoms with E-state index in [2.05, 4.69) is 46.4 Å². The zero-order valence-corrected chi connectivity index (χ0v) is 10.1. The van der Waals surface area contributed by atoms with Gasteiger partial charge < -0.3 is 5.32 Å². The minimum Gasteiger partial charge on any atom is -0.316 e. The normalized spacial score (nSPS) is 22.3. The summed E-state index contributed by atoms with van der Waals surface area (Å²) in [6.07, 6.45) is 2.61. The van der Waals surface area contributed by atoms with E-state index in [-0.39, 0.29) is 0 Å². The number of nitrogens with one attached hydrogen (secondary N) is 1. The van der Waals surface area contributed by atoms with E-state index in [4.69, 9.17) is 0 Å². The molecule has 1 nitrogen and oxygen atoms in total. The molecule has 1 aliphatic rings. The Bertz CT molecular complexity index is 316. The summed E-state index contributed by atoms with van der Waals surface area (Å²) in [7, 11) is 0. The zero-order chi connectivity index (χ0) is 9.97. The van der Waals surface area contributed by atoms with E-state index >= 15 is 0 Å². The van der Waals surface area contributed by atoms with Crippen molar-refractivity contribution in [3.05, 3.63) is 33.8 Å². The van der Waals surface area contributed by atoms with Crippen molar-refractivity contribution in [3.8, 4) is 0 Å². The third-order valence-electron chi connectivity index (χ3n) is 2.89. The first-order valence-corrected chi connectivity index (χ1v) is 6.03. The Morgan fingerprint density at radius 1 is 1.43 bits per heavy atom. The third kappa shape index (κ3) is 2.18. The molecule has 0 saturated carbocycles. The van der Waals surface area contributed by atoms with Gasteiger partial charge in [-0.05, 0) is 49.4 Å². The van der Waals surface area contributed by atoms with Gasteiger partial charge in [-0.25, -0.2) is 0 Å². The van der Waals surface area contributed by atoms with Crippen LogP contribution in [-0.2, 0) is 0 Å². The average Bonchev–Trinajstić information content (AvgIpc) is 2.19. The van der Waals surface area contributed by atoms with Gasteiger partial charge in [0, 0.05) is 11.0 Å². The molecule has 1 heterocycles. The monoisotopic (exact) mass is 253 g/mol. The first-order valence-electron chi connectivity index (χ1n) is 5.24. The van der Waals surface area contributed by atoms with Crippen LogP contribution in [0, 0.1) is 6.92 Å². The fourth-order valence-electron chi connectivity index (χ4n) is 2.08. The molecule has 1 aromatic rings. The van der Waals surface area contributed by atoms with Crippen LogP contribution in [0.5, 0.6) is 0 Å². The second-order valence-electron chi connectivity index (χ2n) is 4.07. The summed E-state index contributed by atoms with van der Waals surface area (Å²) in [6.45, 7) is 4.44. The molecule has 1 saturated heterocycles. The molecule has 0 unspecified atom stereocenters. The lowest BCUT2D eigenvalue weighted by molar-refractivity contribution is 0.460. The van der Waals surface area contributed by atoms with Gasteiger partial charge in [-0.1, -0.05) is 28.1 Å². The summed E-state index contributed by atoms with van der Waals surface area (Å²) in [6, 6.07) is 6.68. The fraction of sp³-hybridized carbons (Fsp3) is 0.500. The second kappa shape index (κ2) is 4.45. The largest absolute Gasteiger partial charge is 0.316 e. The highest BCUT2D eigenvalue weighted by Crippen LogP contribution is 2.30. The highest BCUT2D eigenvalue weighted by molar-refractivity contribution is 9.10. The molecule has 0 bridgehead atoms. The molecule has 2 heteroatoms. The molecule has 76 valence electrons. The van der Waals surface area contributed by atoms with Gasteiger partial charge in [0.1, 0.15) is 0 Å². The predicted octanol–water partition coefficient (Wildman–Crippen LogP) is 3.22. The van der Waals surface area contributed by atoms with Crippen molar-refractivity contribution in [2.24, 2.45) is 0 Å². The fourth-order valence-corrected chi connectivity index (χ4v) is 2.90. The van der Waals surface area contributed by atoms with Crippen molar-refractivity contribution in [3.63, 3.8) is 0 Å². The number of piperidine rings is 1. The van der Waals surface area contributed by atoms with Gasteiger partial charge in [-0.15, -0.1) is 0 Å². The Hall–Kier alpha value is -0.340. The number of benzene rings is 1. The minimum atomic E-state index is 0.693. The van der Waals surface area contributed by atoms with E-state index in [0.29, 0.717) is 5.92 Å². The number of aryl methyl sites for hydroxylation is 1. The van der Waals surface area contributed by atoms with Gasteiger partial charge in [0.05, 0.1) is 0 Å². The Labute approximate surface area is 94.0 Å². The van der Waals surface area contributed by atoms with Crippen molar-refractivity contribution in [1.29, 1.82) is 0 Å². The Morgan fingerprint density at radius 2 is 2.29 bits per heavy atom. The highest BCUT2D eigenvalue weighted by atomic mass is 79.9. The minimum absolute atomic E-state index is 0.693. The summed E-state index contributed by atoms with van der Waals surface area (Å²) < 4.78 is 1.27. The van der Waals surface area contributed by atoms with Crippen LogP contribution in [0.3, 0.4) is 0 Å². The van der Waals surface area contributed by atoms with Crippen molar-refractivity contribution in [2.45, 2.75) is 25.7 Å². The number of halogens is 1. The number of rotatable bonds is 1. The first kappa shape index (κ1) is 10.2. The van der Waals surface area contributed by atoms with Crippen LogP contribution in [0.4, 0.5) is 0 Å². The van der Waals surface area contributed by atoms with Gasteiger partial charge in [0.15, 0.2) is 0 Å². The van der Waals surface area contributed by atoms with Crippen LogP contribution in [0.25, 0.3) is 0 Å². The van der Waals surface area contributed by atoms with Crippen molar-refractivity contribution in [2.75, 3.05) is 13.1 Å². The van der Waals surface area contributed by atoms with Crippen LogP contribution in [0.15, 0.2) is 22.7 Å². The third-order valence-corrected chi connectivity index (χ3v) is 3.58. The molecule has 1 aliphatic heterocycles. The lowest BCUT2D eigenvalue weighted by atomic mass is 9.91. The smallest absolute Gasteiger partial charge is 0.0213 e. The molecule has 0 aromatic heterocycles. The molecule has 0 radical (unpaired) electrons. The van der Waals surface area contributed by atoms with Gasteiger partial charge in [0.25, 0.3) is 0 Å². The maximum atomic E-state index is 3.65. The van der Waals surface area contributed by atoms with E-state index in [9.17, 15) is 0 Å². The molecule has 0 amide bonds. The lowest BCUT2D eigenvalue weighted by Crippen LogP contribution is -2.28. The summed E-state index contributed by atoms with van der Waals surface area (Å²) in [4.78, 5) is 0. The second-order valence-corrected chi connectivity index (χ2v) is 4.92. The molecule has 14 heavy (non-hydrogen) atoms. The standard InChI is InChI=1S/C12H16BrN/c1-9-4-5-11(12(13)7-9)10-3-2-6-14-8-10/h4-5,7,10,14H,2-3,6,8H2,1H3/t10-/m0/s1. The molecule has 1 atom stereocenters. The average molecular weight is 254 g/mol. The molecule has 2 rings (SSSR count). The summed E-state index contributed by atoms with van der Waals surface area (Å²) >= 11 is 3.65. The summed E-state index contributed by atoms with van der Waals surface area (Å²) in [5.74, 6) is 0.693. The van der Waals surface area contributed by atoms with Crippen molar-refractivity contribution >= 4 is 15.9 Å². The van der Waals surface area contributed by atoms with Crippen LogP contribution in [-0.4, -0.2) is 13.1 Å².